The van der Waals surface area contributed by atoms with Crippen molar-refractivity contribution in [3.8, 4) is 5.75 Å². The van der Waals surface area contributed by atoms with Gasteiger partial charge in [0.1, 0.15) is 5.75 Å². The summed E-state index contributed by atoms with van der Waals surface area (Å²) in [7, 11) is 1.67. The van der Waals surface area contributed by atoms with Crippen molar-refractivity contribution >= 4 is 28.6 Å². The van der Waals surface area contributed by atoms with Gasteiger partial charge in [-0.15, -0.1) is 0 Å². The highest BCUT2D eigenvalue weighted by molar-refractivity contribution is 7.99. The number of carbonyl (C=O) groups is 1. The van der Waals surface area contributed by atoms with Crippen LogP contribution >= 0.6 is 11.8 Å². The summed E-state index contributed by atoms with van der Waals surface area (Å²) in [5, 5.41) is 5.24. The molecule has 1 aliphatic carbocycles. The maximum absolute atomic E-state index is 12.7. The lowest BCUT2D eigenvalue weighted by atomic mass is 9.91. The van der Waals surface area contributed by atoms with Crippen LogP contribution in [-0.4, -0.2) is 39.8 Å². The largest absolute Gasteiger partial charge is 0.497 e. The van der Waals surface area contributed by atoms with E-state index in [2.05, 4.69) is 44.1 Å². The Hall–Kier alpha value is -3.19. The minimum Gasteiger partial charge on any atom is -0.497 e. The number of methoxy groups -OCH3 is 1. The van der Waals surface area contributed by atoms with Crippen LogP contribution < -0.4 is 10.1 Å². The van der Waals surface area contributed by atoms with Crippen LogP contribution in [0, 0.1) is 0 Å². The van der Waals surface area contributed by atoms with Crippen LogP contribution in [0.2, 0.25) is 0 Å². The number of aromatic nitrogens is 3. The molecule has 5 rings (SSSR count). The van der Waals surface area contributed by atoms with Gasteiger partial charge in [0, 0.05) is 48.0 Å². The molecule has 164 valence electrons. The quantitative estimate of drug-likeness (QED) is 0.364. The average Bonchev–Trinajstić information content (AvgIpc) is 3.41. The van der Waals surface area contributed by atoms with Crippen molar-refractivity contribution in [2.45, 2.75) is 30.0 Å². The number of ether oxygens (including phenoxy) is 1. The second kappa shape index (κ2) is 9.12. The van der Waals surface area contributed by atoms with Crippen LogP contribution in [-0.2, 0) is 4.79 Å². The first-order valence-electron chi connectivity index (χ1n) is 10.8. The van der Waals surface area contributed by atoms with E-state index < -0.39 is 0 Å². The van der Waals surface area contributed by atoms with Crippen molar-refractivity contribution in [2.24, 2.45) is 0 Å². The fourth-order valence-electron chi connectivity index (χ4n) is 4.06. The lowest BCUT2D eigenvalue weighted by molar-refractivity contribution is -0.118. The first-order chi connectivity index (χ1) is 15.7. The number of imidazole rings is 1. The number of para-hydroxylation sites is 1. The summed E-state index contributed by atoms with van der Waals surface area (Å²) < 4.78 is 7.50. The third kappa shape index (κ3) is 4.39. The molecule has 1 saturated carbocycles. The number of fused-ring (bicyclic) bond motifs is 1. The molecule has 2 heterocycles. The molecular weight excluding hydrogens is 420 g/mol. The predicted octanol–water partition coefficient (Wildman–Crippen LogP) is 4.75. The second-order valence-corrected chi connectivity index (χ2v) is 9.00. The van der Waals surface area contributed by atoms with E-state index in [1.165, 1.54) is 35.6 Å². The van der Waals surface area contributed by atoms with Crippen LogP contribution in [0.3, 0.4) is 0 Å². The Kier molecular flexibility index (Phi) is 5.90. The Balaban J connectivity index is 1.31. The molecule has 0 aliphatic heterocycles. The highest BCUT2D eigenvalue weighted by atomic mass is 32.2. The number of amides is 1. The van der Waals surface area contributed by atoms with Gasteiger partial charge in [-0.25, -0.2) is 4.98 Å². The lowest BCUT2D eigenvalue weighted by Gasteiger charge is -2.18. The van der Waals surface area contributed by atoms with Gasteiger partial charge >= 0.3 is 0 Å². The van der Waals surface area contributed by atoms with E-state index in [-0.39, 0.29) is 11.8 Å². The smallest absolute Gasteiger partial charge is 0.230 e. The number of hydrogen-bond donors (Lipinski definition) is 2. The van der Waals surface area contributed by atoms with Gasteiger partial charge in [0.2, 0.25) is 5.91 Å². The van der Waals surface area contributed by atoms with E-state index in [9.17, 15) is 4.79 Å². The summed E-state index contributed by atoms with van der Waals surface area (Å²) in [6, 6.07) is 16.9. The molecule has 32 heavy (non-hydrogen) atoms. The van der Waals surface area contributed by atoms with Crippen molar-refractivity contribution in [3.63, 3.8) is 0 Å². The number of thioether (sulfide) groups is 1. The topological polar surface area (TPSA) is 71.9 Å². The molecule has 6 nitrogen and oxygen atoms in total. The summed E-state index contributed by atoms with van der Waals surface area (Å²) in [6.45, 7) is 0.518. The zero-order valence-corrected chi connectivity index (χ0v) is 18.8. The highest BCUT2D eigenvalue weighted by Gasteiger charge is 2.26. The number of nitrogens with one attached hydrogen (secondary N) is 2. The molecule has 2 aromatic heterocycles. The van der Waals surface area contributed by atoms with E-state index in [1.54, 1.807) is 7.11 Å². The van der Waals surface area contributed by atoms with Gasteiger partial charge in [0.05, 0.1) is 12.9 Å². The van der Waals surface area contributed by atoms with Crippen molar-refractivity contribution in [2.75, 3.05) is 19.4 Å². The Bertz CT molecular complexity index is 1210. The van der Waals surface area contributed by atoms with E-state index in [0.29, 0.717) is 18.3 Å². The number of hydrogen-bond acceptors (Lipinski definition) is 4. The summed E-state index contributed by atoms with van der Waals surface area (Å²) in [6.07, 6.45) is 8.27. The Morgan fingerprint density at radius 3 is 2.84 bits per heavy atom. The van der Waals surface area contributed by atoms with Crippen LogP contribution in [0.4, 0.5) is 0 Å². The third-order valence-corrected chi connectivity index (χ3v) is 6.90. The first-order valence-corrected chi connectivity index (χ1v) is 11.8. The molecule has 1 atom stereocenters. The monoisotopic (exact) mass is 446 g/mol. The predicted molar refractivity (Wildman–Crippen MR) is 127 cm³/mol. The Labute approximate surface area is 191 Å². The average molecular weight is 447 g/mol. The molecule has 1 aliphatic rings. The molecule has 2 aromatic carbocycles. The molecule has 0 saturated heterocycles. The number of aromatic amines is 1. The zero-order chi connectivity index (χ0) is 21.9. The molecule has 1 fully saturated rings. The number of rotatable bonds is 9. The molecule has 2 N–H and O–H groups in total. The Morgan fingerprint density at radius 1 is 1.25 bits per heavy atom. The minimum absolute atomic E-state index is 0.0127. The van der Waals surface area contributed by atoms with Crippen molar-refractivity contribution in [1.82, 2.24) is 19.9 Å². The molecule has 0 spiro atoms. The van der Waals surface area contributed by atoms with Crippen molar-refractivity contribution in [3.05, 3.63) is 78.2 Å². The van der Waals surface area contributed by atoms with Gasteiger partial charge in [0.25, 0.3) is 0 Å². The fraction of sp³-hybridized carbons (Fsp3) is 0.280. The summed E-state index contributed by atoms with van der Waals surface area (Å²) in [4.78, 5) is 20.5. The van der Waals surface area contributed by atoms with Gasteiger partial charge in [-0.3, -0.25) is 4.79 Å². The van der Waals surface area contributed by atoms with Crippen LogP contribution in [0.1, 0.15) is 35.9 Å². The van der Waals surface area contributed by atoms with Gasteiger partial charge in [-0.2, -0.15) is 0 Å². The van der Waals surface area contributed by atoms with E-state index in [1.807, 2.05) is 42.9 Å². The summed E-state index contributed by atoms with van der Waals surface area (Å²) in [5.41, 5.74) is 3.39. The molecule has 1 amide bonds. The second-order valence-electron chi connectivity index (χ2n) is 8.06. The molecule has 7 heteroatoms. The fourth-order valence-corrected chi connectivity index (χ4v) is 4.92. The number of H-pyrrole nitrogens is 1. The van der Waals surface area contributed by atoms with Crippen molar-refractivity contribution < 1.29 is 9.53 Å². The van der Waals surface area contributed by atoms with Crippen molar-refractivity contribution in [1.29, 1.82) is 0 Å². The molecule has 4 aromatic rings. The van der Waals surface area contributed by atoms with Gasteiger partial charge in [0.15, 0.2) is 5.16 Å². The van der Waals surface area contributed by atoms with E-state index in [4.69, 9.17) is 4.74 Å². The number of nitrogens with zero attached hydrogens (tertiary/aromatic N) is 2. The zero-order valence-electron chi connectivity index (χ0n) is 18.0. The Morgan fingerprint density at radius 2 is 2.06 bits per heavy atom. The third-order valence-electron chi connectivity index (χ3n) is 5.92. The minimum atomic E-state index is 0.0127. The normalized spacial score (nSPS) is 14.4. The number of benzene rings is 2. The van der Waals surface area contributed by atoms with Gasteiger partial charge < -0.3 is 19.6 Å². The maximum atomic E-state index is 12.7. The molecule has 0 radical (unpaired) electrons. The molecular formula is C25H26N4O2S. The van der Waals surface area contributed by atoms with E-state index in [0.717, 1.165) is 22.0 Å². The van der Waals surface area contributed by atoms with E-state index >= 15 is 0 Å². The lowest BCUT2D eigenvalue weighted by Crippen LogP contribution is -2.30. The van der Waals surface area contributed by atoms with Crippen LogP contribution in [0.25, 0.3) is 10.9 Å². The SMILES string of the molecule is COc1ccc(C(CNC(=O)CSc2nccn2C2CC2)c2c[nH]c3ccccc23)cc1. The molecule has 1 unspecified atom stereocenters. The first kappa shape index (κ1) is 20.7. The highest BCUT2D eigenvalue weighted by Crippen LogP contribution is 2.37. The maximum Gasteiger partial charge on any atom is 0.230 e. The van der Waals surface area contributed by atoms with Crippen LogP contribution in [0.5, 0.6) is 5.75 Å². The van der Waals surface area contributed by atoms with Gasteiger partial charge in [-0.1, -0.05) is 42.1 Å². The van der Waals surface area contributed by atoms with Gasteiger partial charge in [-0.05, 0) is 42.2 Å². The molecule has 0 bridgehead atoms. The summed E-state index contributed by atoms with van der Waals surface area (Å²) >= 11 is 1.50. The number of carbonyl (C=O) groups excluding carboxylic acids is 1. The summed E-state index contributed by atoms with van der Waals surface area (Å²) in [5.74, 6) is 1.21. The van der Waals surface area contributed by atoms with Crippen LogP contribution in [0.15, 0.2) is 72.3 Å². The standard InChI is InChI=1S/C25H26N4O2S/c1-31-19-10-6-17(7-11-19)21(22-15-27-23-5-3-2-4-20(22)23)14-28-24(30)16-32-25-26-12-13-29(25)18-8-9-18/h2-7,10-13,15,18,21,27H,8-9,14,16H2,1H3,(H,28,30).